The van der Waals surface area contributed by atoms with Crippen molar-refractivity contribution in [3.05, 3.63) is 95.6 Å². The highest BCUT2D eigenvalue weighted by molar-refractivity contribution is 5.99. The molecule has 6 nitrogen and oxygen atoms in total. The number of hydrogen-bond acceptors (Lipinski definition) is 6. The first-order chi connectivity index (χ1) is 15.1. The number of ketones is 1. The third-order valence-electron chi connectivity index (χ3n) is 5.08. The topological polar surface area (TPSA) is 82.1 Å². The van der Waals surface area contributed by atoms with Gasteiger partial charge in [0.1, 0.15) is 0 Å². The van der Waals surface area contributed by atoms with E-state index in [1.54, 1.807) is 78.9 Å². The lowest BCUT2D eigenvalue weighted by molar-refractivity contribution is -0.160. The smallest absolute Gasteiger partial charge is 0.348 e. The molecule has 0 aliphatic carbocycles. The fourth-order valence-electron chi connectivity index (χ4n) is 3.42. The highest BCUT2D eigenvalue weighted by Crippen LogP contribution is 2.32. The highest BCUT2D eigenvalue weighted by Gasteiger charge is 2.41. The van der Waals surface area contributed by atoms with Crippen molar-refractivity contribution in [3.8, 4) is 11.5 Å². The number of fused-ring (bicyclic) bond motifs is 1. The SMILES string of the molecule is O=C(COC(=O)C(O)(c1ccccc1)c1ccccc1)c1ccc2c(c1)OCCCO2. The molecule has 3 aromatic rings. The molecule has 1 heterocycles. The summed E-state index contributed by atoms with van der Waals surface area (Å²) in [5.74, 6) is -0.270. The van der Waals surface area contributed by atoms with Crippen molar-refractivity contribution in [3.63, 3.8) is 0 Å². The van der Waals surface area contributed by atoms with Crippen molar-refractivity contribution in [1.82, 2.24) is 0 Å². The molecule has 0 atom stereocenters. The van der Waals surface area contributed by atoms with Crippen molar-refractivity contribution in [1.29, 1.82) is 0 Å². The van der Waals surface area contributed by atoms with Crippen LogP contribution in [0.5, 0.6) is 11.5 Å². The zero-order valence-corrected chi connectivity index (χ0v) is 16.8. The van der Waals surface area contributed by atoms with Gasteiger partial charge in [-0.2, -0.15) is 0 Å². The minimum Gasteiger partial charge on any atom is -0.490 e. The summed E-state index contributed by atoms with van der Waals surface area (Å²) in [4.78, 5) is 25.7. The standard InChI is InChI=1S/C25H22O6/c26-21(18-12-13-22-23(16-18)30-15-7-14-29-22)17-31-24(27)25(28,19-8-3-1-4-9-19)20-10-5-2-6-11-20/h1-6,8-13,16,28H,7,14-15,17H2. The van der Waals surface area contributed by atoms with Crippen LogP contribution in [0.1, 0.15) is 27.9 Å². The van der Waals surface area contributed by atoms with Gasteiger partial charge in [0.15, 0.2) is 23.9 Å². The summed E-state index contributed by atoms with van der Waals surface area (Å²) in [6, 6.07) is 21.9. The molecule has 0 fully saturated rings. The van der Waals surface area contributed by atoms with Crippen LogP contribution >= 0.6 is 0 Å². The first-order valence-corrected chi connectivity index (χ1v) is 10.0. The fourth-order valence-corrected chi connectivity index (χ4v) is 3.42. The van der Waals surface area contributed by atoms with Gasteiger partial charge in [-0.3, -0.25) is 4.79 Å². The number of carbonyl (C=O) groups excluding carboxylic acids is 2. The third-order valence-corrected chi connectivity index (χ3v) is 5.08. The quantitative estimate of drug-likeness (QED) is 0.487. The molecule has 1 aliphatic rings. The monoisotopic (exact) mass is 418 g/mol. The Balaban J connectivity index is 1.53. The van der Waals surface area contributed by atoms with Crippen LogP contribution in [0.25, 0.3) is 0 Å². The average molecular weight is 418 g/mol. The number of benzene rings is 3. The van der Waals surface area contributed by atoms with Crippen LogP contribution in [0.4, 0.5) is 0 Å². The van der Waals surface area contributed by atoms with Crippen LogP contribution in [0.15, 0.2) is 78.9 Å². The van der Waals surface area contributed by atoms with Crippen molar-refractivity contribution < 1.29 is 28.9 Å². The maximum Gasteiger partial charge on any atom is 0.348 e. The number of aliphatic hydroxyl groups is 1. The van der Waals surface area contributed by atoms with Gasteiger partial charge in [0.2, 0.25) is 5.60 Å². The summed E-state index contributed by atoms with van der Waals surface area (Å²) >= 11 is 0. The molecule has 1 N–H and O–H groups in total. The van der Waals surface area contributed by atoms with Gasteiger partial charge < -0.3 is 19.3 Å². The van der Waals surface area contributed by atoms with Crippen LogP contribution in [-0.4, -0.2) is 36.7 Å². The summed E-state index contributed by atoms with van der Waals surface area (Å²) in [6.07, 6.45) is 0.757. The molecule has 0 saturated carbocycles. The molecule has 6 heteroatoms. The van der Waals surface area contributed by atoms with E-state index in [1.807, 2.05) is 0 Å². The average Bonchev–Trinajstić information content (AvgIpc) is 3.07. The number of hydrogen-bond donors (Lipinski definition) is 1. The molecule has 158 valence electrons. The molecule has 0 amide bonds. The van der Waals surface area contributed by atoms with Crippen molar-refractivity contribution in [2.45, 2.75) is 12.0 Å². The number of ether oxygens (including phenoxy) is 3. The largest absolute Gasteiger partial charge is 0.490 e. The molecule has 0 unspecified atom stereocenters. The van der Waals surface area contributed by atoms with Gasteiger partial charge in [0.25, 0.3) is 0 Å². The van der Waals surface area contributed by atoms with Gasteiger partial charge in [-0.1, -0.05) is 60.7 Å². The Morgan fingerprint density at radius 1 is 0.839 bits per heavy atom. The van der Waals surface area contributed by atoms with Gasteiger partial charge in [0, 0.05) is 12.0 Å². The number of rotatable bonds is 6. The van der Waals surface area contributed by atoms with E-state index in [2.05, 4.69) is 0 Å². The van der Waals surface area contributed by atoms with Gasteiger partial charge in [-0.05, 0) is 29.3 Å². The summed E-state index contributed by atoms with van der Waals surface area (Å²) in [5, 5.41) is 11.4. The van der Waals surface area contributed by atoms with Crippen molar-refractivity contribution in [2.24, 2.45) is 0 Å². The lowest BCUT2D eigenvalue weighted by Crippen LogP contribution is -2.39. The molecule has 3 aromatic carbocycles. The first kappa shape index (κ1) is 20.6. The van der Waals surface area contributed by atoms with Gasteiger partial charge >= 0.3 is 5.97 Å². The van der Waals surface area contributed by atoms with Gasteiger partial charge in [0.05, 0.1) is 13.2 Å². The lowest BCUT2D eigenvalue weighted by atomic mass is 9.86. The normalized spacial score (nSPS) is 13.2. The molecule has 31 heavy (non-hydrogen) atoms. The van der Waals surface area contributed by atoms with E-state index in [0.29, 0.717) is 41.4 Å². The molecule has 1 aliphatic heterocycles. The van der Waals surface area contributed by atoms with E-state index in [1.165, 1.54) is 0 Å². The lowest BCUT2D eigenvalue weighted by Gasteiger charge is -2.27. The fraction of sp³-hybridized carbons (Fsp3) is 0.200. The molecular formula is C25H22O6. The van der Waals surface area contributed by atoms with E-state index in [0.717, 1.165) is 6.42 Å². The minimum atomic E-state index is -2.03. The second kappa shape index (κ2) is 9.02. The minimum absolute atomic E-state index is 0.333. The van der Waals surface area contributed by atoms with E-state index >= 15 is 0 Å². The van der Waals surface area contributed by atoms with E-state index in [-0.39, 0.29) is 0 Å². The van der Waals surface area contributed by atoms with Crippen LogP contribution in [0.2, 0.25) is 0 Å². The molecule has 0 bridgehead atoms. The predicted molar refractivity (Wildman–Crippen MR) is 113 cm³/mol. The maximum absolute atomic E-state index is 13.0. The van der Waals surface area contributed by atoms with E-state index in [4.69, 9.17) is 14.2 Å². The predicted octanol–water partition coefficient (Wildman–Crippen LogP) is 3.51. The van der Waals surface area contributed by atoms with Crippen LogP contribution in [0.3, 0.4) is 0 Å². The Kier molecular flexibility index (Phi) is 6.00. The molecular weight excluding hydrogens is 396 g/mol. The van der Waals surface area contributed by atoms with Gasteiger partial charge in [-0.15, -0.1) is 0 Å². The maximum atomic E-state index is 13.0. The summed E-state index contributed by atoms with van der Waals surface area (Å²) < 4.78 is 16.5. The number of Topliss-reactive ketones (excluding diaryl/α,β-unsaturated/α-hetero) is 1. The zero-order valence-electron chi connectivity index (χ0n) is 16.8. The van der Waals surface area contributed by atoms with E-state index in [9.17, 15) is 14.7 Å². The second-order valence-corrected chi connectivity index (χ2v) is 7.15. The molecule has 0 saturated heterocycles. The summed E-state index contributed by atoms with van der Waals surface area (Å²) in [6.45, 7) is 0.538. The summed E-state index contributed by atoms with van der Waals surface area (Å²) in [5.41, 5.74) is -0.989. The Labute approximate surface area is 180 Å². The zero-order chi connectivity index (χ0) is 21.7. The summed E-state index contributed by atoms with van der Waals surface area (Å²) in [7, 11) is 0. The highest BCUT2D eigenvalue weighted by atomic mass is 16.6. The molecule has 0 aromatic heterocycles. The van der Waals surface area contributed by atoms with E-state index < -0.39 is 24.0 Å². The van der Waals surface area contributed by atoms with Crippen LogP contribution in [-0.2, 0) is 15.1 Å². The Morgan fingerprint density at radius 3 is 2.03 bits per heavy atom. The Morgan fingerprint density at radius 2 is 1.42 bits per heavy atom. The van der Waals surface area contributed by atoms with Crippen molar-refractivity contribution in [2.75, 3.05) is 19.8 Å². The first-order valence-electron chi connectivity index (χ1n) is 10.0. The molecule has 4 rings (SSSR count). The molecule has 0 radical (unpaired) electrons. The van der Waals surface area contributed by atoms with Crippen LogP contribution < -0.4 is 9.47 Å². The second-order valence-electron chi connectivity index (χ2n) is 7.15. The van der Waals surface area contributed by atoms with Crippen molar-refractivity contribution >= 4 is 11.8 Å². The Bertz CT molecular complexity index is 1020. The molecule has 0 spiro atoms. The number of esters is 1. The number of carbonyl (C=O) groups is 2. The third kappa shape index (κ3) is 4.29. The van der Waals surface area contributed by atoms with Gasteiger partial charge in [-0.25, -0.2) is 4.79 Å². The van der Waals surface area contributed by atoms with Crippen LogP contribution in [0, 0.1) is 0 Å². The Hall–Kier alpha value is -3.64.